The molecule has 0 saturated heterocycles. The molecule has 0 fully saturated rings. The molecule has 1 unspecified atom stereocenters. The van der Waals surface area contributed by atoms with Crippen LogP contribution < -0.4 is 0 Å². The van der Waals surface area contributed by atoms with Gasteiger partial charge in [0.05, 0.1) is 5.69 Å². The highest BCUT2D eigenvalue weighted by Crippen LogP contribution is 2.37. The Labute approximate surface area is 124 Å². The van der Waals surface area contributed by atoms with Crippen molar-refractivity contribution in [2.24, 2.45) is 12.5 Å². The van der Waals surface area contributed by atoms with Crippen LogP contribution in [0.4, 0.5) is 0 Å². The van der Waals surface area contributed by atoms with Crippen LogP contribution in [0.1, 0.15) is 50.8 Å². The molecule has 0 radical (unpaired) electrons. The van der Waals surface area contributed by atoms with E-state index in [1.807, 2.05) is 7.05 Å². The zero-order valence-corrected chi connectivity index (χ0v) is 14.2. The minimum atomic E-state index is 0.313. The summed E-state index contributed by atoms with van der Waals surface area (Å²) in [6.07, 6.45) is 5.96. The van der Waals surface area contributed by atoms with Gasteiger partial charge in [0.2, 0.25) is 0 Å². The summed E-state index contributed by atoms with van der Waals surface area (Å²) in [6.45, 7) is 6.57. The third kappa shape index (κ3) is 3.51. The molecule has 2 nitrogen and oxygen atoms in total. The van der Waals surface area contributed by atoms with Crippen LogP contribution in [-0.4, -0.2) is 15.1 Å². The fourth-order valence-corrected chi connectivity index (χ4v) is 3.52. The zero-order valence-electron chi connectivity index (χ0n) is 11.9. The molecule has 1 heterocycles. The molecular weight excluding hydrogens is 312 g/mol. The van der Waals surface area contributed by atoms with Gasteiger partial charge in [0.1, 0.15) is 5.15 Å². The van der Waals surface area contributed by atoms with Crippen molar-refractivity contribution in [1.82, 2.24) is 9.78 Å². The predicted molar refractivity (Wildman–Crippen MR) is 82.7 cm³/mol. The number of halogens is 2. The first kappa shape index (κ1) is 16.0. The summed E-state index contributed by atoms with van der Waals surface area (Å²) in [7, 11) is 1.91. The van der Waals surface area contributed by atoms with Crippen molar-refractivity contribution in [3.63, 3.8) is 0 Å². The molecule has 0 saturated carbocycles. The number of nitrogens with zero attached hydrogens (tertiary/aromatic N) is 2. The van der Waals surface area contributed by atoms with Gasteiger partial charge in [-0.1, -0.05) is 54.2 Å². The maximum Gasteiger partial charge on any atom is 0.130 e. The Balaban J connectivity index is 2.95. The maximum atomic E-state index is 6.35. The minimum absolute atomic E-state index is 0.313. The molecule has 1 aromatic heterocycles. The average molecular weight is 336 g/mol. The molecule has 0 aliphatic rings. The Bertz CT molecular complexity index is 383. The summed E-state index contributed by atoms with van der Waals surface area (Å²) < 4.78 is 1.78. The van der Waals surface area contributed by atoms with Crippen LogP contribution in [0.25, 0.3) is 0 Å². The summed E-state index contributed by atoms with van der Waals surface area (Å²) in [4.78, 5) is 0. The van der Waals surface area contributed by atoms with E-state index in [1.165, 1.54) is 31.2 Å². The second-order valence-electron chi connectivity index (χ2n) is 5.25. The third-order valence-electron chi connectivity index (χ3n) is 3.92. The van der Waals surface area contributed by atoms with Crippen molar-refractivity contribution in [3.05, 3.63) is 16.4 Å². The highest BCUT2D eigenvalue weighted by Gasteiger charge is 2.29. The Hall–Kier alpha value is -0.0200. The standard InChI is InChI=1S/C14H24BrClN2/c1-5-7-8-14(6-2,10-15)9-12-11(3)17-18(4)13(12)16/h5-10H2,1-4H3. The van der Waals surface area contributed by atoms with Crippen molar-refractivity contribution in [2.45, 2.75) is 52.9 Å². The molecule has 1 aromatic rings. The lowest BCUT2D eigenvalue weighted by Crippen LogP contribution is -2.25. The van der Waals surface area contributed by atoms with Crippen LogP contribution in [0.5, 0.6) is 0 Å². The first-order chi connectivity index (χ1) is 8.49. The summed E-state index contributed by atoms with van der Waals surface area (Å²) in [5.74, 6) is 0. The maximum absolute atomic E-state index is 6.35. The second-order valence-corrected chi connectivity index (χ2v) is 6.16. The highest BCUT2D eigenvalue weighted by molar-refractivity contribution is 9.09. The Kier molecular flexibility index (Phi) is 6.19. The van der Waals surface area contributed by atoms with Crippen LogP contribution in [-0.2, 0) is 13.5 Å². The second kappa shape index (κ2) is 6.95. The molecule has 0 aliphatic heterocycles. The molecule has 1 rings (SSSR count). The quantitative estimate of drug-likeness (QED) is 0.648. The summed E-state index contributed by atoms with van der Waals surface area (Å²) >= 11 is 10.1. The van der Waals surface area contributed by atoms with E-state index in [1.54, 1.807) is 4.68 Å². The molecule has 104 valence electrons. The van der Waals surface area contributed by atoms with Gasteiger partial charge in [0, 0.05) is 17.9 Å². The van der Waals surface area contributed by atoms with Crippen LogP contribution in [0, 0.1) is 12.3 Å². The van der Waals surface area contributed by atoms with Crippen molar-refractivity contribution >= 4 is 27.5 Å². The van der Waals surface area contributed by atoms with Gasteiger partial charge in [-0.2, -0.15) is 5.10 Å². The SMILES string of the molecule is CCCCC(CC)(CBr)Cc1c(C)nn(C)c1Cl. The molecule has 0 bridgehead atoms. The Morgan fingerprint density at radius 3 is 2.44 bits per heavy atom. The van der Waals surface area contributed by atoms with Gasteiger partial charge >= 0.3 is 0 Å². The van der Waals surface area contributed by atoms with E-state index in [0.29, 0.717) is 5.41 Å². The lowest BCUT2D eigenvalue weighted by Gasteiger charge is -2.31. The summed E-state index contributed by atoms with van der Waals surface area (Å²) in [6, 6.07) is 0. The van der Waals surface area contributed by atoms with Crippen LogP contribution >= 0.6 is 27.5 Å². The van der Waals surface area contributed by atoms with E-state index in [-0.39, 0.29) is 0 Å². The topological polar surface area (TPSA) is 17.8 Å². The van der Waals surface area contributed by atoms with E-state index in [0.717, 1.165) is 22.6 Å². The first-order valence-electron chi connectivity index (χ1n) is 6.73. The fraction of sp³-hybridized carbons (Fsp3) is 0.786. The Morgan fingerprint density at radius 2 is 2.06 bits per heavy atom. The number of unbranched alkanes of at least 4 members (excludes halogenated alkanes) is 1. The highest BCUT2D eigenvalue weighted by atomic mass is 79.9. The van der Waals surface area contributed by atoms with E-state index >= 15 is 0 Å². The number of rotatable bonds is 7. The first-order valence-corrected chi connectivity index (χ1v) is 8.23. The minimum Gasteiger partial charge on any atom is -0.257 e. The average Bonchev–Trinajstić information content (AvgIpc) is 2.61. The van der Waals surface area contributed by atoms with E-state index in [2.05, 4.69) is 41.8 Å². The zero-order chi connectivity index (χ0) is 13.8. The van der Waals surface area contributed by atoms with Gasteiger partial charge in [0.25, 0.3) is 0 Å². The van der Waals surface area contributed by atoms with Gasteiger partial charge in [-0.25, -0.2) is 0 Å². The fourth-order valence-electron chi connectivity index (χ4n) is 2.40. The molecule has 18 heavy (non-hydrogen) atoms. The number of alkyl halides is 1. The normalized spacial score (nSPS) is 14.8. The van der Waals surface area contributed by atoms with E-state index < -0.39 is 0 Å². The molecule has 0 N–H and O–H groups in total. The van der Waals surface area contributed by atoms with E-state index in [9.17, 15) is 0 Å². The van der Waals surface area contributed by atoms with Crippen molar-refractivity contribution in [2.75, 3.05) is 5.33 Å². The van der Waals surface area contributed by atoms with E-state index in [4.69, 9.17) is 11.6 Å². The Morgan fingerprint density at radius 1 is 1.39 bits per heavy atom. The number of aromatic nitrogens is 2. The van der Waals surface area contributed by atoms with Gasteiger partial charge < -0.3 is 0 Å². The molecule has 0 aromatic carbocycles. The molecule has 0 amide bonds. The lowest BCUT2D eigenvalue weighted by molar-refractivity contribution is 0.283. The molecular formula is C14H24BrClN2. The van der Waals surface area contributed by atoms with Crippen LogP contribution in [0.3, 0.4) is 0 Å². The smallest absolute Gasteiger partial charge is 0.130 e. The van der Waals surface area contributed by atoms with Gasteiger partial charge in [0.15, 0.2) is 0 Å². The summed E-state index contributed by atoms with van der Waals surface area (Å²) in [5, 5.41) is 6.24. The molecule has 0 spiro atoms. The largest absolute Gasteiger partial charge is 0.257 e. The van der Waals surface area contributed by atoms with Crippen molar-refractivity contribution < 1.29 is 0 Å². The van der Waals surface area contributed by atoms with Gasteiger partial charge in [-0.3, -0.25) is 4.68 Å². The van der Waals surface area contributed by atoms with Gasteiger partial charge in [-0.05, 0) is 31.6 Å². The number of aryl methyl sites for hydroxylation is 2. The number of hydrogen-bond acceptors (Lipinski definition) is 1. The molecule has 1 atom stereocenters. The molecule has 4 heteroatoms. The van der Waals surface area contributed by atoms with Crippen LogP contribution in [0.2, 0.25) is 5.15 Å². The molecule has 0 aliphatic carbocycles. The van der Waals surface area contributed by atoms with Crippen LogP contribution in [0.15, 0.2) is 0 Å². The third-order valence-corrected chi connectivity index (χ3v) is 5.58. The summed E-state index contributed by atoms with van der Waals surface area (Å²) in [5.41, 5.74) is 2.60. The lowest BCUT2D eigenvalue weighted by atomic mass is 9.77. The van der Waals surface area contributed by atoms with Crippen molar-refractivity contribution in [1.29, 1.82) is 0 Å². The van der Waals surface area contributed by atoms with Crippen molar-refractivity contribution in [3.8, 4) is 0 Å². The van der Waals surface area contributed by atoms with Gasteiger partial charge in [-0.15, -0.1) is 0 Å². The predicted octanol–water partition coefficient (Wildman–Crippen LogP) is 4.91. The number of hydrogen-bond donors (Lipinski definition) is 0. The monoisotopic (exact) mass is 334 g/mol.